The lowest BCUT2D eigenvalue weighted by atomic mass is 9.78. The van der Waals surface area contributed by atoms with Gasteiger partial charge in [0.05, 0.1) is 6.42 Å². The Morgan fingerprint density at radius 2 is 1.61 bits per heavy atom. The van der Waals surface area contributed by atoms with E-state index < -0.39 is 0 Å². The highest BCUT2D eigenvalue weighted by Crippen LogP contribution is 2.31. The van der Waals surface area contributed by atoms with Gasteiger partial charge in [-0.2, -0.15) is 0 Å². The molecule has 0 aliphatic heterocycles. The molecular weight excluding hydrogens is 222 g/mol. The summed E-state index contributed by atoms with van der Waals surface area (Å²) < 4.78 is 0. The summed E-state index contributed by atoms with van der Waals surface area (Å²) in [5.74, 6) is -0.274. The number of hydrogen-bond donors (Lipinski definition) is 1. The second kappa shape index (κ2) is 4.75. The fourth-order valence-corrected chi connectivity index (χ4v) is 2.08. The van der Waals surface area contributed by atoms with Crippen LogP contribution in [0.15, 0.2) is 18.2 Å². The van der Waals surface area contributed by atoms with Crippen LogP contribution in [0.4, 0.5) is 0 Å². The summed E-state index contributed by atoms with van der Waals surface area (Å²) in [4.78, 5) is 11.2. The van der Waals surface area contributed by atoms with Crippen LogP contribution in [0.1, 0.15) is 58.2 Å². The first-order chi connectivity index (χ1) is 8.01. The standard InChI is InChI=1S/C16H25NO/c1-15(2,3)12-8-7-11(9-14(17)18)13(10-12)16(4,5)6/h7-8,10H,9H2,1-6H3,(H2,17,18). The molecule has 0 heterocycles. The Balaban J connectivity index is 3.34. The molecule has 0 spiro atoms. The van der Waals surface area contributed by atoms with Crippen molar-refractivity contribution in [1.29, 1.82) is 0 Å². The minimum Gasteiger partial charge on any atom is -0.369 e. The molecule has 0 aliphatic carbocycles. The summed E-state index contributed by atoms with van der Waals surface area (Å²) in [6.07, 6.45) is 0.316. The highest BCUT2D eigenvalue weighted by atomic mass is 16.1. The first-order valence-electron chi connectivity index (χ1n) is 6.44. The molecule has 1 rings (SSSR count). The summed E-state index contributed by atoms with van der Waals surface area (Å²) in [5, 5.41) is 0. The second-order valence-electron chi connectivity index (χ2n) is 7.02. The van der Waals surface area contributed by atoms with Crippen molar-refractivity contribution in [3.63, 3.8) is 0 Å². The maximum Gasteiger partial charge on any atom is 0.221 e. The van der Waals surface area contributed by atoms with E-state index in [-0.39, 0.29) is 16.7 Å². The molecule has 0 aromatic heterocycles. The zero-order valence-corrected chi connectivity index (χ0v) is 12.4. The van der Waals surface area contributed by atoms with E-state index in [2.05, 4.69) is 53.7 Å². The van der Waals surface area contributed by atoms with E-state index in [4.69, 9.17) is 5.73 Å². The third kappa shape index (κ3) is 3.59. The fraction of sp³-hybridized carbons (Fsp3) is 0.562. The van der Waals surface area contributed by atoms with E-state index >= 15 is 0 Å². The monoisotopic (exact) mass is 247 g/mol. The molecule has 1 amide bonds. The maximum absolute atomic E-state index is 11.2. The van der Waals surface area contributed by atoms with E-state index in [9.17, 15) is 4.79 Å². The minimum atomic E-state index is -0.274. The van der Waals surface area contributed by atoms with Crippen LogP contribution in [-0.4, -0.2) is 5.91 Å². The normalized spacial score (nSPS) is 12.6. The number of hydrogen-bond acceptors (Lipinski definition) is 1. The van der Waals surface area contributed by atoms with Crippen molar-refractivity contribution < 1.29 is 4.79 Å². The summed E-state index contributed by atoms with van der Waals surface area (Å²) in [6.45, 7) is 13.1. The SMILES string of the molecule is CC(C)(C)c1ccc(CC(N)=O)c(C(C)(C)C)c1. The van der Waals surface area contributed by atoms with Gasteiger partial charge in [0.2, 0.25) is 5.91 Å². The molecule has 18 heavy (non-hydrogen) atoms. The first-order valence-corrected chi connectivity index (χ1v) is 6.44. The van der Waals surface area contributed by atoms with Crippen LogP contribution in [0.25, 0.3) is 0 Å². The van der Waals surface area contributed by atoms with Crippen LogP contribution in [0, 0.1) is 0 Å². The fourth-order valence-electron chi connectivity index (χ4n) is 2.08. The number of benzene rings is 1. The van der Waals surface area contributed by atoms with Gasteiger partial charge >= 0.3 is 0 Å². The number of rotatable bonds is 2. The molecule has 0 atom stereocenters. The Kier molecular flexibility index (Phi) is 3.89. The summed E-state index contributed by atoms with van der Waals surface area (Å²) in [7, 11) is 0. The number of nitrogens with two attached hydrogens (primary N) is 1. The lowest BCUT2D eigenvalue weighted by Crippen LogP contribution is -2.21. The number of carbonyl (C=O) groups is 1. The predicted octanol–water partition coefficient (Wildman–Crippen LogP) is 3.31. The molecule has 0 fully saturated rings. The van der Waals surface area contributed by atoms with Crippen molar-refractivity contribution in [2.24, 2.45) is 5.73 Å². The van der Waals surface area contributed by atoms with Crippen molar-refractivity contribution in [1.82, 2.24) is 0 Å². The Hall–Kier alpha value is -1.31. The van der Waals surface area contributed by atoms with Crippen molar-refractivity contribution >= 4 is 5.91 Å². The molecule has 2 nitrogen and oxygen atoms in total. The Bertz CT molecular complexity index is 447. The van der Waals surface area contributed by atoms with Crippen LogP contribution in [0.3, 0.4) is 0 Å². The van der Waals surface area contributed by atoms with Crippen molar-refractivity contribution in [2.45, 2.75) is 58.8 Å². The number of carbonyl (C=O) groups excluding carboxylic acids is 1. The number of primary amides is 1. The molecule has 0 bridgehead atoms. The van der Waals surface area contributed by atoms with Gasteiger partial charge in [0.1, 0.15) is 0 Å². The Morgan fingerprint density at radius 1 is 1.06 bits per heavy atom. The molecule has 0 aliphatic rings. The van der Waals surface area contributed by atoms with Gasteiger partial charge in [0, 0.05) is 0 Å². The Labute approximate surface area is 111 Å². The predicted molar refractivity (Wildman–Crippen MR) is 76.7 cm³/mol. The second-order valence-corrected chi connectivity index (χ2v) is 7.02. The van der Waals surface area contributed by atoms with Crippen LogP contribution in [-0.2, 0) is 22.0 Å². The van der Waals surface area contributed by atoms with Gasteiger partial charge in [-0.1, -0.05) is 59.7 Å². The molecule has 0 saturated heterocycles. The lowest BCUT2D eigenvalue weighted by Gasteiger charge is -2.27. The minimum absolute atomic E-state index is 0.0199. The van der Waals surface area contributed by atoms with Crippen LogP contribution >= 0.6 is 0 Å². The van der Waals surface area contributed by atoms with Gasteiger partial charge in [-0.3, -0.25) is 4.79 Å². The topological polar surface area (TPSA) is 43.1 Å². The van der Waals surface area contributed by atoms with Crippen LogP contribution in [0.5, 0.6) is 0 Å². The maximum atomic E-state index is 11.2. The van der Waals surface area contributed by atoms with E-state index in [1.807, 2.05) is 6.07 Å². The van der Waals surface area contributed by atoms with E-state index in [0.717, 1.165) is 5.56 Å². The third-order valence-electron chi connectivity index (χ3n) is 3.15. The highest BCUT2D eigenvalue weighted by molar-refractivity contribution is 5.77. The molecule has 0 radical (unpaired) electrons. The van der Waals surface area contributed by atoms with Gasteiger partial charge < -0.3 is 5.73 Å². The molecule has 0 saturated carbocycles. The average molecular weight is 247 g/mol. The molecule has 2 heteroatoms. The summed E-state index contributed by atoms with van der Waals surface area (Å²) in [5.41, 5.74) is 9.01. The van der Waals surface area contributed by atoms with Crippen LogP contribution < -0.4 is 5.73 Å². The van der Waals surface area contributed by atoms with Crippen molar-refractivity contribution in [3.05, 3.63) is 34.9 Å². The largest absolute Gasteiger partial charge is 0.369 e. The molecule has 0 unspecified atom stereocenters. The van der Waals surface area contributed by atoms with Crippen molar-refractivity contribution in [2.75, 3.05) is 0 Å². The van der Waals surface area contributed by atoms with E-state index in [0.29, 0.717) is 6.42 Å². The molecular formula is C16H25NO. The third-order valence-corrected chi connectivity index (χ3v) is 3.15. The zero-order valence-electron chi connectivity index (χ0n) is 12.4. The average Bonchev–Trinajstić information content (AvgIpc) is 2.13. The van der Waals surface area contributed by atoms with Gasteiger partial charge in [-0.15, -0.1) is 0 Å². The van der Waals surface area contributed by atoms with Gasteiger partial charge in [0.15, 0.2) is 0 Å². The van der Waals surface area contributed by atoms with Gasteiger partial charge in [-0.05, 0) is 27.5 Å². The van der Waals surface area contributed by atoms with Crippen molar-refractivity contribution in [3.8, 4) is 0 Å². The summed E-state index contributed by atoms with van der Waals surface area (Å²) >= 11 is 0. The Morgan fingerprint density at radius 3 is 2.00 bits per heavy atom. The zero-order chi connectivity index (χ0) is 14.1. The molecule has 2 N–H and O–H groups in total. The lowest BCUT2D eigenvalue weighted by molar-refractivity contribution is -0.117. The van der Waals surface area contributed by atoms with E-state index in [1.165, 1.54) is 11.1 Å². The highest BCUT2D eigenvalue weighted by Gasteiger charge is 2.22. The molecule has 1 aromatic rings. The number of amides is 1. The quantitative estimate of drug-likeness (QED) is 0.856. The van der Waals surface area contributed by atoms with Gasteiger partial charge in [-0.25, -0.2) is 0 Å². The first kappa shape index (κ1) is 14.7. The van der Waals surface area contributed by atoms with Crippen LogP contribution in [0.2, 0.25) is 0 Å². The van der Waals surface area contributed by atoms with E-state index in [1.54, 1.807) is 0 Å². The molecule has 1 aromatic carbocycles. The smallest absolute Gasteiger partial charge is 0.221 e. The molecule has 100 valence electrons. The van der Waals surface area contributed by atoms with Gasteiger partial charge in [0.25, 0.3) is 0 Å². The summed E-state index contributed by atoms with van der Waals surface area (Å²) in [6, 6.07) is 6.37.